The van der Waals surface area contributed by atoms with Gasteiger partial charge in [-0.25, -0.2) is 13.9 Å². The van der Waals surface area contributed by atoms with Crippen molar-refractivity contribution >= 4 is 33.4 Å². The van der Waals surface area contributed by atoms with E-state index in [0.29, 0.717) is 12.8 Å². The molecule has 7 atom stereocenters. The second-order valence-electron chi connectivity index (χ2n) is 20.1. The number of rotatable bonds is 44. The number of aromatic nitrogens is 2. The van der Waals surface area contributed by atoms with Crippen LogP contribution in [0.1, 0.15) is 227 Å². The molecule has 0 saturated carbocycles. The quantitative estimate of drug-likeness (QED) is 0.0231. The van der Waals surface area contributed by atoms with E-state index in [0.717, 1.165) is 67.8 Å². The average molecular weight is 1040 g/mol. The Morgan fingerprint density at radius 2 is 1.06 bits per heavy atom. The van der Waals surface area contributed by atoms with Gasteiger partial charge in [-0.05, 0) is 30.7 Å². The first-order valence-corrected chi connectivity index (χ1v) is 29.8. The Hall–Kier alpha value is -2.24. The number of aliphatic hydroxyl groups is 2. The van der Waals surface area contributed by atoms with E-state index < -0.39 is 83.7 Å². The molecule has 1 fully saturated rings. The van der Waals surface area contributed by atoms with E-state index in [-0.39, 0.29) is 18.7 Å². The van der Waals surface area contributed by atoms with Crippen molar-refractivity contribution in [1.29, 1.82) is 0 Å². The van der Waals surface area contributed by atoms with Crippen LogP contribution < -0.4 is 11.4 Å². The number of hydrogen-bond acceptors (Lipinski definition) is 15. The lowest BCUT2D eigenvalue weighted by molar-refractivity contribution is -0.161. The molecule has 408 valence electrons. The summed E-state index contributed by atoms with van der Waals surface area (Å²) in [6.07, 6.45) is 26.2. The maximum atomic E-state index is 12.9. The Morgan fingerprint density at radius 1 is 0.643 bits per heavy atom. The fourth-order valence-corrected chi connectivity index (χ4v) is 10.5. The molecule has 0 bridgehead atoms. The summed E-state index contributed by atoms with van der Waals surface area (Å²) in [7, 11) is -10.8. The van der Waals surface area contributed by atoms with E-state index in [9.17, 15) is 43.5 Å². The Morgan fingerprint density at radius 3 is 1.50 bits per heavy atom. The van der Waals surface area contributed by atoms with Gasteiger partial charge >= 0.3 is 33.3 Å². The lowest BCUT2D eigenvalue weighted by Gasteiger charge is -2.21. The Balaban J connectivity index is 1.76. The lowest BCUT2D eigenvalue weighted by atomic mass is 10.0. The van der Waals surface area contributed by atoms with Crippen molar-refractivity contribution in [3.63, 3.8) is 0 Å². The maximum absolute atomic E-state index is 12.9. The lowest BCUT2D eigenvalue weighted by Crippen LogP contribution is -2.36. The smallest absolute Gasteiger partial charge is 0.462 e. The topological polar surface area (TPSA) is 265 Å². The molecule has 1 aromatic rings. The van der Waals surface area contributed by atoms with Crippen LogP contribution in [-0.2, 0) is 46.3 Å². The number of aliphatic hydroxyl groups excluding tert-OH is 2. The van der Waals surface area contributed by atoms with Gasteiger partial charge in [0.15, 0.2) is 12.3 Å². The molecule has 1 aliphatic heterocycles. The molecule has 0 aliphatic carbocycles. The van der Waals surface area contributed by atoms with E-state index in [1.807, 2.05) is 0 Å². The fraction of sp³-hybridized carbons (Fsp3) is 0.880. The van der Waals surface area contributed by atoms with E-state index in [1.54, 1.807) is 0 Å². The maximum Gasteiger partial charge on any atom is 0.481 e. The first kappa shape index (κ1) is 63.9. The number of phosphoric ester groups is 2. The number of carbonyl (C=O) groups is 2. The standard InChI is InChI=1S/C50H93N3O15P2/c1-40(2)31-27-23-19-15-11-8-6-5-7-9-13-17-21-25-29-33-45(54)63-37-42(66-46(55)34-30-26-22-18-14-10-12-16-20-24-28-32-41(3)4)38-64-69(59,60)68-70(61,62)65-39-43-47(56)48(57)49(67-43)53-36-35-44(51)52-50(53)58/h35-36,40-43,47-49,56-57H,5-34,37-39H2,1-4H3,(H,59,60)(H,61,62)(H2,51,52,58)/t42-,43-,47+,48?,49-/m1/s1. The number of phosphoric acid groups is 2. The van der Waals surface area contributed by atoms with Gasteiger partial charge < -0.3 is 39.9 Å². The normalized spacial score (nSPS) is 19.3. The van der Waals surface area contributed by atoms with Gasteiger partial charge in [-0.1, -0.05) is 195 Å². The van der Waals surface area contributed by atoms with Crippen molar-refractivity contribution in [2.24, 2.45) is 11.8 Å². The summed E-state index contributed by atoms with van der Waals surface area (Å²) < 4.78 is 56.9. The van der Waals surface area contributed by atoms with E-state index in [1.165, 1.54) is 128 Å². The number of anilines is 1. The highest BCUT2D eigenvalue weighted by atomic mass is 31.3. The van der Waals surface area contributed by atoms with Crippen molar-refractivity contribution in [3.8, 4) is 0 Å². The van der Waals surface area contributed by atoms with Crippen molar-refractivity contribution < 1.29 is 66.3 Å². The van der Waals surface area contributed by atoms with Crippen LogP contribution in [0.5, 0.6) is 0 Å². The molecule has 1 aliphatic rings. The van der Waals surface area contributed by atoms with Gasteiger partial charge in [0, 0.05) is 19.0 Å². The van der Waals surface area contributed by atoms with Crippen molar-refractivity contribution in [3.05, 3.63) is 22.7 Å². The zero-order valence-electron chi connectivity index (χ0n) is 43.2. The molecular formula is C50H93N3O15P2. The molecular weight excluding hydrogens is 945 g/mol. The Bertz CT molecular complexity index is 1700. The molecule has 2 rings (SSSR count). The number of carbonyl (C=O) groups excluding carboxylic acids is 2. The second kappa shape index (κ2) is 37.5. The van der Waals surface area contributed by atoms with Crippen LogP contribution in [0.15, 0.2) is 17.1 Å². The summed E-state index contributed by atoms with van der Waals surface area (Å²) in [5.41, 5.74) is 4.60. The van der Waals surface area contributed by atoms with Crippen LogP contribution in [0.3, 0.4) is 0 Å². The molecule has 3 unspecified atom stereocenters. The number of hydrogen-bond donors (Lipinski definition) is 5. The van der Waals surface area contributed by atoms with Crippen LogP contribution in [0.25, 0.3) is 0 Å². The third-order valence-electron chi connectivity index (χ3n) is 12.5. The summed E-state index contributed by atoms with van der Waals surface area (Å²) >= 11 is 0. The van der Waals surface area contributed by atoms with Crippen molar-refractivity contribution in [1.82, 2.24) is 9.55 Å². The molecule has 20 heteroatoms. The summed E-state index contributed by atoms with van der Waals surface area (Å²) in [6.45, 7) is 6.82. The van der Waals surface area contributed by atoms with Gasteiger partial charge in [-0.15, -0.1) is 0 Å². The molecule has 1 saturated heterocycles. The summed E-state index contributed by atoms with van der Waals surface area (Å²) in [5, 5.41) is 20.9. The Labute approximate surface area is 419 Å². The number of esters is 2. The van der Waals surface area contributed by atoms with Crippen molar-refractivity contribution in [2.75, 3.05) is 25.6 Å². The summed E-state index contributed by atoms with van der Waals surface area (Å²) in [4.78, 5) is 62.0. The molecule has 0 radical (unpaired) electrons. The number of nitrogens with two attached hydrogens (primary N) is 1. The van der Waals surface area contributed by atoms with Gasteiger partial charge in [0.1, 0.15) is 30.7 Å². The molecule has 1 aromatic heterocycles. The molecule has 0 spiro atoms. The third kappa shape index (κ3) is 31.4. The minimum atomic E-state index is -5.42. The molecule has 18 nitrogen and oxygen atoms in total. The highest BCUT2D eigenvalue weighted by Gasteiger charge is 2.46. The second-order valence-corrected chi connectivity index (χ2v) is 23.1. The summed E-state index contributed by atoms with van der Waals surface area (Å²) in [6, 6.07) is 1.25. The van der Waals surface area contributed by atoms with Gasteiger partial charge in [0.2, 0.25) is 0 Å². The van der Waals surface area contributed by atoms with Crippen LogP contribution >= 0.6 is 15.6 Å². The molecule has 0 amide bonds. The molecule has 70 heavy (non-hydrogen) atoms. The van der Waals surface area contributed by atoms with Crippen LogP contribution in [-0.4, -0.2) is 85.7 Å². The van der Waals surface area contributed by atoms with Crippen LogP contribution in [0.4, 0.5) is 5.82 Å². The first-order chi connectivity index (χ1) is 33.4. The van der Waals surface area contributed by atoms with E-state index in [4.69, 9.17) is 29.0 Å². The van der Waals surface area contributed by atoms with Gasteiger partial charge in [-0.3, -0.25) is 23.2 Å². The molecule has 6 N–H and O–H groups in total. The van der Waals surface area contributed by atoms with Gasteiger partial charge in [-0.2, -0.15) is 9.29 Å². The zero-order chi connectivity index (χ0) is 51.6. The third-order valence-corrected chi connectivity index (χ3v) is 15.1. The predicted molar refractivity (Wildman–Crippen MR) is 270 cm³/mol. The van der Waals surface area contributed by atoms with E-state index >= 15 is 0 Å². The first-order valence-electron chi connectivity index (χ1n) is 26.8. The van der Waals surface area contributed by atoms with Gasteiger partial charge in [0.05, 0.1) is 13.2 Å². The van der Waals surface area contributed by atoms with Crippen LogP contribution in [0.2, 0.25) is 0 Å². The monoisotopic (exact) mass is 1040 g/mol. The predicted octanol–water partition coefficient (Wildman–Crippen LogP) is 11.2. The van der Waals surface area contributed by atoms with E-state index in [2.05, 4.69) is 37.0 Å². The SMILES string of the molecule is CC(C)CCCCCCCCCCCCCCCCCC(=O)OC[C@H](COP(=O)(O)OP(=O)(O)OC[C@H]1O[C@@H](n2ccc(N)nc2=O)C(O)[C@H]1O)OC(=O)CCCCCCCCCCCCCC(C)C. The number of nitrogens with zero attached hydrogens (tertiary/aromatic N) is 2. The largest absolute Gasteiger partial charge is 0.481 e. The van der Waals surface area contributed by atoms with Crippen LogP contribution in [0, 0.1) is 11.8 Å². The number of unbranched alkanes of at least 4 members (excludes halogenated alkanes) is 24. The molecule has 2 heterocycles. The van der Waals surface area contributed by atoms with Crippen molar-refractivity contribution in [2.45, 2.75) is 251 Å². The summed E-state index contributed by atoms with van der Waals surface area (Å²) in [5.74, 6) is 0.291. The number of nitrogen functional groups attached to an aromatic ring is 1. The minimum absolute atomic E-state index is 0.0562. The Kier molecular flexibility index (Phi) is 34.2. The zero-order valence-corrected chi connectivity index (χ0v) is 45.0. The molecule has 0 aromatic carbocycles. The highest BCUT2D eigenvalue weighted by Crippen LogP contribution is 2.60. The highest BCUT2D eigenvalue weighted by molar-refractivity contribution is 7.61. The minimum Gasteiger partial charge on any atom is -0.462 e. The average Bonchev–Trinajstić information content (AvgIpc) is 3.57. The number of ether oxygens (including phenoxy) is 3. The fourth-order valence-electron chi connectivity index (χ4n) is 8.39. The van der Waals surface area contributed by atoms with Gasteiger partial charge in [0.25, 0.3) is 0 Å².